The van der Waals surface area contributed by atoms with Gasteiger partial charge in [0.15, 0.2) is 0 Å². The average Bonchev–Trinajstić information content (AvgIpc) is 2.39. The van der Waals surface area contributed by atoms with Crippen molar-refractivity contribution in [2.45, 2.75) is 25.7 Å². The summed E-state index contributed by atoms with van der Waals surface area (Å²) in [7, 11) is -2.99. The van der Waals surface area contributed by atoms with E-state index in [1.165, 1.54) is 19.1 Å². The first-order chi connectivity index (χ1) is 8.99. The predicted molar refractivity (Wildman–Crippen MR) is 77.4 cm³/mol. The van der Waals surface area contributed by atoms with Crippen molar-refractivity contribution in [3.63, 3.8) is 0 Å². The second-order valence-electron chi connectivity index (χ2n) is 6.09. The van der Waals surface area contributed by atoms with Gasteiger partial charge in [0, 0.05) is 19.6 Å². The van der Waals surface area contributed by atoms with Crippen molar-refractivity contribution in [3.05, 3.63) is 0 Å². The van der Waals surface area contributed by atoms with Gasteiger partial charge in [-0.15, -0.1) is 0 Å². The minimum atomic E-state index is -2.99. The van der Waals surface area contributed by atoms with Gasteiger partial charge in [0.25, 0.3) is 0 Å². The van der Waals surface area contributed by atoms with E-state index in [-0.39, 0.29) is 0 Å². The summed E-state index contributed by atoms with van der Waals surface area (Å²) < 4.78 is 24.5. The van der Waals surface area contributed by atoms with Gasteiger partial charge in [-0.3, -0.25) is 0 Å². The van der Waals surface area contributed by atoms with Crippen LogP contribution in [0.3, 0.4) is 0 Å². The lowest BCUT2D eigenvalue weighted by atomic mass is 9.93. The van der Waals surface area contributed by atoms with Crippen molar-refractivity contribution in [3.8, 4) is 0 Å². The van der Waals surface area contributed by atoms with Crippen molar-refractivity contribution in [1.29, 1.82) is 0 Å². The van der Waals surface area contributed by atoms with Crippen LogP contribution in [0.1, 0.15) is 25.7 Å². The Labute approximate surface area is 117 Å². The molecule has 0 aliphatic carbocycles. The molecule has 0 atom stereocenters. The van der Waals surface area contributed by atoms with Crippen LogP contribution < -0.4 is 5.73 Å². The fourth-order valence-electron chi connectivity index (χ4n) is 3.19. The second-order valence-corrected chi connectivity index (χ2v) is 8.07. The maximum Gasteiger partial charge on any atom is 0.211 e. The van der Waals surface area contributed by atoms with Crippen molar-refractivity contribution in [2.75, 3.05) is 45.5 Å². The lowest BCUT2D eigenvalue weighted by molar-refractivity contribution is 0.140. The molecule has 5 nitrogen and oxygen atoms in total. The topological polar surface area (TPSA) is 66.6 Å². The monoisotopic (exact) mass is 289 g/mol. The third-order valence-corrected chi connectivity index (χ3v) is 5.90. The first kappa shape index (κ1) is 15.2. The van der Waals surface area contributed by atoms with Gasteiger partial charge in [-0.2, -0.15) is 0 Å². The van der Waals surface area contributed by atoms with Crippen LogP contribution in [0.15, 0.2) is 0 Å². The molecule has 2 aliphatic rings. The lowest BCUT2D eigenvalue weighted by Gasteiger charge is -2.36. The molecule has 2 aliphatic heterocycles. The summed E-state index contributed by atoms with van der Waals surface area (Å²) >= 11 is 0. The van der Waals surface area contributed by atoms with Crippen LogP contribution >= 0.6 is 0 Å². The molecule has 2 fully saturated rings. The van der Waals surface area contributed by atoms with Gasteiger partial charge >= 0.3 is 0 Å². The van der Waals surface area contributed by atoms with E-state index in [9.17, 15) is 8.42 Å². The van der Waals surface area contributed by atoms with Crippen LogP contribution in [-0.2, 0) is 10.0 Å². The van der Waals surface area contributed by atoms with Gasteiger partial charge in [-0.1, -0.05) is 0 Å². The Kier molecular flexibility index (Phi) is 5.22. The number of hydrogen-bond donors (Lipinski definition) is 1. The summed E-state index contributed by atoms with van der Waals surface area (Å²) in [6, 6.07) is 0. The molecule has 2 rings (SSSR count). The van der Waals surface area contributed by atoms with E-state index in [1.54, 1.807) is 4.31 Å². The number of likely N-dealkylation sites (tertiary alicyclic amines) is 1. The first-order valence-corrected chi connectivity index (χ1v) is 9.21. The molecule has 0 bridgehead atoms. The average molecular weight is 289 g/mol. The Balaban J connectivity index is 1.72. The lowest BCUT2D eigenvalue weighted by Crippen LogP contribution is -2.43. The molecule has 0 saturated carbocycles. The Morgan fingerprint density at radius 2 is 1.53 bits per heavy atom. The largest absolute Gasteiger partial charge is 0.330 e. The van der Waals surface area contributed by atoms with E-state index in [1.807, 2.05) is 0 Å². The fraction of sp³-hybridized carbons (Fsp3) is 1.00. The van der Waals surface area contributed by atoms with Crippen molar-refractivity contribution >= 4 is 10.0 Å². The molecule has 0 aromatic carbocycles. The Morgan fingerprint density at radius 3 is 2.00 bits per heavy atom. The second kappa shape index (κ2) is 6.52. The molecule has 2 N–H and O–H groups in total. The smallest absolute Gasteiger partial charge is 0.211 e. The Hall–Kier alpha value is -0.170. The van der Waals surface area contributed by atoms with Crippen molar-refractivity contribution < 1.29 is 8.42 Å². The zero-order chi connectivity index (χ0) is 13.9. The Morgan fingerprint density at radius 1 is 1.00 bits per heavy atom. The molecule has 0 aromatic rings. The molecule has 0 radical (unpaired) electrons. The molecule has 112 valence electrons. The van der Waals surface area contributed by atoms with Gasteiger partial charge in [-0.05, 0) is 57.2 Å². The van der Waals surface area contributed by atoms with Crippen LogP contribution in [-0.4, -0.2) is 63.1 Å². The van der Waals surface area contributed by atoms with Gasteiger partial charge in [-0.25, -0.2) is 12.7 Å². The standard InChI is InChI=1S/C13H27N3O2S/c1-19(17,18)16-8-4-13(5-9-16)11-15-6-2-12(10-14)3-7-15/h12-13H,2-11,14H2,1H3. The summed E-state index contributed by atoms with van der Waals surface area (Å²) in [5.74, 6) is 1.37. The molecule has 19 heavy (non-hydrogen) atoms. The highest BCUT2D eigenvalue weighted by Crippen LogP contribution is 2.23. The summed E-state index contributed by atoms with van der Waals surface area (Å²) in [5.41, 5.74) is 5.71. The summed E-state index contributed by atoms with van der Waals surface area (Å²) in [4.78, 5) is 2.53. The van der Waals surface area contributed by atoms with Gasteiger partial charge < -0.3 is 10.6 Å². The van der Waals surface area contributed by atoms with E-state index in [0.29, 0.717) is 24.9 Å². The van der Waals surface area contributed by atoms with E-state index < -0.39 is 10.0 Å². The van der Waals surface area contributed by atoms with Gasteiger partial charge in [0.1, 0.15) is 0 Å². The molecule has 6 heteroatoms. The normalized spacial score (nSPS) is 25.8. The van der Waals surface area contributed by atoms with E-state index in [4.69, 9.17) is 5.73 Å². The molecule has 0 amide bonds. The quantitative estimate of drug-likeness (QED) is 0.810. The van der Waals surface area contributed by atoms with E-state index >= 15 is 0 Å². The van der Waals surface area contributed by atoms with Crippen molar-refractivity contribution in [2.24, 2.45) is 17.6 Å². The zero-order valence-corrected chi connectivity index (χ0v) is 12.7. The highest BCUT2D eigenvalue weighted by molar-refractivity contribution is 7.88. The van der Waals surface area contributed by atoms with Crippen LogP contribution in [0.25, 0.3) is 0 Å². The highest BCUT2D eigenvalue weighted by atomic mass is 32.2. The van der Waals surface area contributed by atoms with E-state index in [0.717, 1.165) is 39.0 Å². The Bertz CT molecular complexity index is 369. The molecule has 0 unspecified atom stereocenters. The number of nitrogens with zero attached hydrogens (tertiary/aromatic N) is 2. The zero-order valence-electron chi connectivity index (χ0n) is 11.9. The first-order valence-electron chi connectivity index (χ1n) is 7.36. The third-order valence-electron chi connectivity index (χ3n) is 4.60. The highest BCUT2D eigenvalue weighted by Gasteiger charge is 2.27. The molecular formula is C13H27N3O2S. The SMILES string of the molecule is CS(=O)(=O)N1CCC(CN2CCC(CN)CC2)CC1. The minimum absolute atomic E-state index is 0.660. The number of nitrogens with two attached hydrogens (primary N) is 1. The maximum absolute atomic E-state index is 11.5. The molecule has 0 spiro atoms. The van der Waals surface area contributed by atoms with Crippen LogP contribution in [0.5, 0.6) is 0 Å². The van der Waals surface area contributed by atoms with Crippen molar-refractivity contribution in [1.82, 2.24) is 9.21 Å². The van der Waals surface area contributed by atoms with Crippen LogP contribution in [0.4, 0.5) is 0 Å². The number of hydrogen-bond acceptors (Lipinski definition) is 4. The van der Waals surface area contributed by atoms with Gasteiger partial charge in [0.05, 0.1) is 6.26 Å². The van der Waals surface area contributed by atoms with E-state index in [2.05, 4.69) is 4.90 Å². The fourth-order valence-corrected chi connectivity index (χ4v) is 4.07. The molecule has 2 heterocycles. The number of piperidine rings is 2. The maximum atomic E-state index is 11.5. The molecule has 0 aromatic heterocycles. The third kappa shape index (κ3) is 4.41. The van der Waals surface area contributed by atoms with Crippen LogP contribution in [0.2, 0.25) is 0 Å². The summed E-state index contributed by atoms with van der Waals surface area (Å²) in [6.07, 6.45) is 5.76. The molecular weight excluding hydrogens is 262 g/mol. The number of rotatable bonds is 4. The summed E-state index contributed by atoms with van der Waals surface area (Å²) in [5, 5.41) is 0. The summed E-state index contributed by atoms with van der Waals surface area (Å²) in [6.45, 7) is 5.67. The predicted octanol–water partition coefficient (Wildman–Crippen LogP) is 0.329. The van der Waals surface area contributed by atoms with Crippen LogP contribution in [0, 0.1) is 11.8 Å². The molecule has 2 saturated heterocycles. The van der Waals surface area contributed by atoms with Gasteiger partial charge in [0.2, 0.25) is 10.0 Å². The number of sulfonamides is 1. The minimum Gasteiger partial charge on any atom is -0.330 e.